The molecule has 1 unspecified atom stereocenters. The maximum absolute atomic E-state index is 10.5. The molecular formula is C4H7ClO4S. The summed E-state index contributed by atoms with van der Waals surface area (Å²) in [5, 5.41) is 0. The second-order valence-corrected chi connectivity index (χ2v) is 3.85. The molecule has 0 bridgehead atoms. The van der Waals surface area contributed by atoms with Gasteiger partial charge in [-0.15, -0.1) is 0 Å². The van der Waals surface area contributed by atoms with E-state index in [0.29, 0.717) is 0 Å². The summed E-state index contributed by atoms with van der Waals surface area (Å²) in [6.07, 6.45) is -0.00600. The summed E-state index contributed by atoms with van der Waals surface area (Å²) in [5.41, 5.74) is 0. The van der Waals surface area contributed by atoms with Crippen molar-refractivity contribution in [3.8, 4) is 0 Å². The van der Waals surface area contributed by atoms with Crippen LogP contribution in [-0.2, 0) is 14.9 Å². The second kappa shape index (κ2) is 3.32. The first-order chi connectivity index (χ1) is 4.39. The van der Waals surface area contributed by atoms with E-state index in [2.05, 4.69) is 0 Å². The largest absolute Gasteiger partial charge is 0.297 e. The fraction of sp³-hybridized carbons (Fsp3) is 0.750. The number of Topliss-reactive ketones (excluding diaryl/α,β-unsaturated/α-hetero) is 1. The lowest BCUT2D eigenvalue weighted by atomic mass is 10.3. The maximum atomic E-state index is 10.5. The molecular weight excluding hydrogens is 180 g/mol. The van der Waals surface area contributed by atoms with Crippen LogP contribution in [0, 0.1) is 0 Å². The first-order valence-corrected chi connectivity index (χ1v) is 4.46. The Kier molecular flexibility index (Phi) is 3.27. The molecule has 1 N–H and O–H groups in total. The van der Waals surface area contributed by atoms with Crippen molar-refractivity contribution in [2.75, 3.05) is 0 Å². The zero-order chi connectivity index (χ0) is 8.36. The number of halogens is 1. The SMILES string of the molecule is CCC(=O)C(Cl)S(=O)(=O)O. The van der Waals surface area contributed by atoms with Gasteiger partial charge in [0.1, 0.15) is 0 Å². The van der Waals surface area contributed by atoms with Gasteiger partial charge in [0, 0.05) is 6.42 Å². The summed E-state index contributed by atoms with van der Waals surface area (Å²) in [4.78, 5) is 10.5. The van der Waals surface area contributed by atoms with Gasteiger partial charge in [0.2, 0.25) is 4.71 Å². The van der Waals surface area contributed by atoms with Gasteiger partial charge in [-0.2, -0.15) is 8.42 Å². The predicted octanol–water partition coefficient (Wildman–Crippen LogP) is 0.418. The second-order valence-electron chi connectivity index (χ2n) is 1.65. The Morgan fingerprint density at radius 2 is 2.10 bits per heavy atom. The van der Waals surface area contributed by atoms with Crippen molar-refractivity contribution < 1.29 is 17.8 Å². The van der Waals surface area contributed by atoms with Gasteiger partial charge in [-0.3, -0.25) is 9.35 Å². The molecule has 0 aliphatic heterocycles. The lowest BCUT2D eigenvalue weighted by Gasteiger charge is -2.00. The zero-order valence-electron chi connectivity index (χ0n) is 5.24. The van der Waals surface area contributed by atoms with E-state index in [4.69, 9.17) is 16.2 Å². The Hall–Kier alpha value is -0.130. The fourth-order valence-electron chi connectivity index (χ4n) is 0.327. The zero-order valence-corrected chi connectivity index (χ0v) is 6.82. The van der Waals surface area contributed by atoms with Crippen LogP contribution >= 0.6 is 11.6 Å². The summed E-state index contributed by atoms with van der Waals surface area (Å²) in [5.74, 6) is -0.704. The van der Waals surface area contributed by atoms with Crippen LogP contribution < -0.4 is 0 Å². The number of hydrogen-bond donors (Lipinski definition) is 1. The number of carbonyl (C=O) groups excluding carboxylic acids is 1. The molecule has 0 aliphatic rings. The Morgan fingerprint density at radius 3 is 2.20 bits per heavy atom. The van der Waals surface area contributed by atoms with E-state index in [1.165, 1.54) is 6.92 Å². The molecule has 0 fully saturated rings. The molecule has 0 heterocycles. The molecule has 0 rings (SSSR count). The van der Waals surface area contributed by atoms with Gasteiger partial charge in [-0.1, -0.05) is 18.5 Å². The van der Waals surface area contributed by atoms with Gasteiger partial charge in [0.05, 0.1) is 0 Å². The van der Waals surface area contributed by atoms with Gasteiger partial charge in [0.15, 0.2) is 5.78 Å². The summed E-state index contributed by atoms with van der Waals surface area (Å²) >= 11 is 5.02. The molecule has 1 atom stereocenters. The number of carbonyl (C=O) groups is 1. The molecule has 4 nitrogen and oxygen atoms in total. The highest BCUT2D eigenvalue weighted by molar-refractivity contribution is 7.88. The molecule has 0 aromatic carbocycles. The highest BCUT2D eigenvalue weighted by atomic mass is 35.5. The Morgan fingerprint density at radius 1 is 1.70 bits per heavy atom. The van der Waals surface area contributed by atoms with Crippen molar-refractivity contribution in [3.05, 3.63) is 0 Å². The van der Waals surface area contributed by atoms with Gasteiger partial charge in [-0.25, -0.2) is 0 Å². The van der Waals surface area contributed by atoms with E-state index >= 15 is 0 Å². The smallest absolute Gasteiger partial charge is 0.289 e. The van der Waals surface area contributed by atoms with E-state index < -0.39 is 20.6 Å². The predicted molar refractivity (Wildman–Crippen MR) is 36.5 cm³/mol. The van der Waals surface area contributed by atoms with E-state index in [1.54, 1.807) is 0 Å². The first-order valence-electron chi connectivity index (χ1n) is 2.52. The average Bonchev–Trinajstić information content (AvgIpc) is 1.83. The van der Waals surface area contributed by atoms with Crippen LogP contribution in [0.3, 0.4) is 0 Å². The third kappa shape index (κ3) is 2.64. The minimum Gasteiger partial charge on any atom is -0.297 e. The van der Waals surface area contributed by atoms with Crippen LogP contribution in [0.2, 0.25) is 0 Å². The molecule has 0 aliphatic carbocycles. The van der Waals surface area contributed by atoms with Gasteiger partial charge >= 0.3 is 0 Å². The summed E-state index contributed by atoms with van der Waals surface area (Å²) in [7, 11) is -4.40. The third-order valence-electron chi connectivity index (χ3n) is 0.863. The topological polar surface area (TPSA) is 71.4 Å². The molecule has 0 aromatic rings. The van der Waals surface area contributed by atoms with Crippen LogP contribution in [0.4, 0.5) is 0 Å². The monoisotopic (exact) mass is 186 g/mol. The van der Waals surface area contributed by atoms with E-state index in [0.717, 1.165) is 0 Å². The fourth-order valence-corrected chi connectivity index (χ4v) is 0.980. The Balaban J connectivity index is 4.39. The van der Waals surface area contributed by atoms with Crippen molar-refractivity contribution in [1.82, 2.24) is 0 Å². The number of hydrogen-bond acceptors (Lipinski definition) is 3. The number of rotatable bonds is 3. The summed E-state index contributed by atoms with van der Waals surface area (Å²) in [6, 6.07) is 0. The average molecular weight is 187 g/mol. The molecule has 60 valence electrons. The van der Waals surface area contributed by atoms with E-state index in [1.807, 2.05) is 0 Å². The molecule has 0 radical (unpaired) electrons. The van der Waals surface area contributed by atoms with Crippen LogP contribution in [-0.4, -0.2) is 23.5 Å². The molecule has 0 amide bonds. The van der Waals surface area contributed by atoms with E-state index in [9.17, 15) is 13.2 Å². The Labute approximate surface area is 63.9 Å². The molecule has 0 spiro atoms. The third-order valence-corrected chi connectivity index (χ3v) is 2.57. The number of ketones is 1. The summed E-state index contributed by atoms with van der Waals surface area (Å²) in [6.45, 7) is 1.46. The van der Waals surface area contributed by atoms with Crippen molar-refractivity contribution in [3.63, 3.8) is 0 Å². The Bertz CT molecular complexity index is 219. The lowest BCUT2D eigenvalue weighted by Crippen LogP contribution is -2.23. The van der Waals surface area contributed by atoms with Crippen molar-refractivity contribution >= 4 is 27.5 Å². The lowest BCUT2D eigenvalue weighted by molar-refractivity contribution is -0.117. The molecule has 10 heavy (non-hydrogen) atoms. The van der Waals surface area contributed by atoms with Crippen LogP contribution in [0.15, 0.2) is 0 Å². The van der Waals surface area contributed by atoms with Gasteiger partial charge in [-0.05, 0) is 0 Å². The highest BCUT2D eigenvalue weighted by Crippen LogP contribution is 2.07. The van der Waals surface area contributed by atoms with Crippen LogP contribution in [0.25, 0.3) is 0 Å². The summed E-state index contributed by atoms with van der Waals surface area (Å²) < 4.78 is 26.7. The first kappa shape index (κ1) is 9.87. The molecule has 0 aromatic heterocycles. The minimum atomic E-state index is -4.40. The van der Waals surface area contributed by atoms with Crippen molar-refractivity contribution in [2.24, 2.45) is 0 Å². The quantitative estimate of drug-likeness (QED) is 0.512. The van der Waals surface area contributed by atoms with Crippen molar-refractivity contribution in [1.29, 1.82) is 0 Å². The van der Waals surface area contributed by atoms with Crippen molar-refractivity contribution in [2.45, 2.75) is 18.1 Å². The standard InChI is InChI=1S/C4H7ClO4S/c1-2-3(6)4(5)10(7,8)9/h4H,2H2,1H3,(H,7,8,9). The van der Waals surface area contributed by atoms with Gasteiger partial charge in [0.25, 0.3) is 10.1 Å². The molecule has 0 saturated carbocycles. The minimum absolute atomic E-state index is 0.00600. The molecule has 6 heteroatoms. The van der Waals surface area contributed by atoms with Crippen LogP contribution in [0.1, 0.15) is 13.3 Å². The van der Waals surface area contributed by atoms with Gasteiger partial charge < -0.3 is 0 Å². The highest BCUT2D eigenvalue weighted by Gasteiger charge is 2.26. The maximum Gasteiger partial charge on any atom is 0.289 e. The normalized spacial score (nSPS) is 14.7. The van der Waals surface area contributed by atoms with E-state index in [-0.39, 0.29) is 6.42 Å². The van der Waals surface area contributed by atoms with Crippen LogP contribution in [0.5, 0.6) is 0 Å². The molecule has 0 saturated heterocycles. The number of alkyl halides is 1.